The Labute approximate surface area is 257 Å². The molecule has 0 saturated carbocycles. The van der Waals surface area contributed by atoms with Crippen LogP contribution in [0.3, 0.4) is 0 Å². The van der Waals surface area contributed by atoms with E-state index in [4.69, 9.17) is 16.3 Å². The Morgan fingerprint density at radius 3 is 2.70 bits per heavy atom. The molecule has 228 valence electrons. The van der Waals surface area contributed by atoms with Gasteiger partial charge in [0.15, 0.2) is 5.82 Å². The summed E-state index contributed by atoms with van der Waals surface area (Å²) in [5.74, 6) is -1.06. The van der Waals surface area contributed by atoms with E-state index < -0.39 is 23.8 Å². The van der Waals surface area contributed by atoms with Gasteiger partial charge in [0.25, 0.3) is 0 Å². The van der Waals surface area contributed by atoms with Crippen LogP contribution in [0.1, 0.15) is 26.7 Å². The molecule has 0 bridgehead atoms. The average Bonchev–Trinajstić information content (AvgIpc) is 2.98. The van der Waals surface area contributed by atoms with Gasteiger partial charge in [-0.3, -0.25) is 9.88 Å². The van der Waals surface area contributed by atoms with Crippen molar-refractivity contribution in [1.29, 1.82) is 5.26 Å². The number of piperazine rings is 1. The molecule has 2 saturated heterocycles. The summed E-state index contributed by atoms with van der Waals surface area (Å²) in [4.78, 5) is 30.7. The van der Waals surface area contributed by atoms with E-state index in [0.29, 0.717) is 40.2 Å². The van der Waals surface area contributed by atoms with Gasteiger partial charge in [0, 0.05) is 55.4 Å². The molecule has 1 amide bonds. The number of ether oxygens (including phenoxy) is 1. The molecule has 2 aromatic heterocycles. The van der Waals surface area contributed by atoms with Gasteiger partial charge in [-0.05, 0) is 31.7 Å². The third-order valence-electron chi connectivity index (χ3n) is 8.45. The second-order valence-corrected chi connectivity index (χ2v) is 11.7. The van der Waals surface area contributed by atoms with Gasteiger partial charge in [0.1, 0.15) is 29.5 Å². The van der Waals surface area contributed by atoms with Crippen LogP contribution in [0.5, 0.6) is 6.01 Å². The molecule has 44 heavy (non-hydrogen) atoms. The SMILES string of the molecule is CC(C)N1CCC1COc1nc(N2CCN(C(=O)O)[C@@H](CC#N)C2)c2cnc(-c3cccc4ccc(F)c(Cl)c34)c(F)c2n1. The van der Waals surface area contributed by atoms with Crippen LogP contribution in [-0.2, 0) is 0 Å². The number of carboxylic acid groups (broad SMARTS) is 1. The van der Waals surface area contributed by atoms with Crippen LogP contribution in [0.2, 0.25) is 5.02 Å². The minimum absolute atomic E-state index is 0.0168. The molecule has 4 aromatic rings. The van der Waals surface area contributed by atoms with Gasteiger partial charge in [-0.15, -0.1) is 0 Å². The first kappa shape index (κ1) is 29.7. The number of nitrogens with zero attached hydrogens (tertiary/aromatic N) is 7. The normalized spacial score (nSPS) is 18.9. The molecule has 2 fully saturated rings. The highest BCUT2D eigenvalue weighted by Crippen LogP contribution is 2.38. The van der Waals surface area contributed by atoms with Crippen LogP contribution in [0.25, 0.3) is 32.9 Å². The van der Waals surface area contributed by atoms with Crippen LogP contribution >= 0.6 is 11.6 Å². The van der Waals surface area contributed by atoms with Crippen molar-refractivity contribution in [3.8, 4) is 23.3 Å². The summed E-state index contributed by atoms with van der Waals surface area (Å²) in [6.07, 6.45) is 1.27. The van der Waals surface area contributed by atoms with E-state index in [-0.39, 0.29) is 54.3 Å². The summed E-state index contributed by atoms with van der Waals surface area (Å²) in [7, 11) is 0. The Balaban J connectivity index is 1.46. The van der Waals surface area contributed by atoms with Gasteiger partial charge in [0.2, 0.25) is 0 Å². The molecule has 13 heteroatoms. The zero-order chi connectivity index (χ0) is 31.1. The summed E-state index contributed by atoms with van der Waals surface area (Å²) < 4.78 is 37.1. The van der Waals surface area contributed by atoms with Crippen molar-refractivity contribution in [3.63, 3.8) is 0 Å². The van der Waals surface area contributed by atoms with Crippen molar-refractivity contribution in [2.75, 3.05) is 37.7 Å². The summed E-state index contributed by atoms with van der Waals surface area (Å²) in [5, 5.41) is 20.1. The highest BCUT2D eigenvalue weighted by molar-refractivity contribution is 6.36. The fourth-order valence-electron chi connectivity index (χ4n) is 6.09. The summed E-state index contributed by atoms with van der Waals surface area (Å²) in [6.45, 7) is 6.04. The topological polar surface area (TPSA) is 119 Å². The van der Waals surface area contributed by atoms with Crippen molar-refractivity contribution < 1.29 is 23.4 Å². The van der Waals surface area contributed by atoms with Crippen LogP contribution in [0.4, 0.5) is 19.4 Å². The average molecular weight is 622 g/mol. The Bertz CT molecular complexity index is 1800. The standard InChI is InChI=1S/C31H30ClF2N7O3/c1-17(2)40-11-9-20(40)16-44-30-37-28-22(29(38-30)39-12-13-41(31(42)43)19(15-39)8-10-35)14-36-27(26(28)34)21-5-3-4-18-6-7-23(33)25(32)24(18)21/h3-7,14,17,19-20H,8-9,11-13,15-16H2,1-2H3,(H,42,43)/t19-,20?/m0/s1. The molecule has 2 aromatic carbocycles. The molecule has 0 spiro atoms. The molecule has 0 aliphatic carbocycles. The number of hydrogen-bond donors (Lipinski definition) is 1. The second-order valence-electron chi connectivity index (χ2n) is 11.3. The number of hydrogen-bond acceptors (Lipinski definition) is 8. The van der Waals surface area contributed by atoms with Gasteiger partial charge in [-0.2, -0.15) is 15.2 Å². The lowest BCUT2D eigenvalue weighted by atomic mass is 10.0. The maximum Gasteiger partial charge on any atom is 0.407 e. The molecule has 1 unspecified atom stereocenters. The summed E-state index contributed by atoms with van der Waals surface area (Å²) >= 11 is 6.35. The molecular weight excluding hydrogens is 592 g/mol. The third-order valence-corrected chi connectivity index (χ3v) is 8.82. The molecule has 4 heterocycles. The maximum absolute atomic E-state index is 16.6. The minimum Gasteiger partial charge on any atom is -0.465 e. The summed E-state index contributed by atoms with van der Waals surface area (Å²) in [6, 6.07) is 9.85. The van der Waals surface area contributed by atoms with Crippen molar-refractivity contribution >= 4 is 45.2 Å². The fraction of sp³-hybridized carbons (Fsp3) is 0.387. The lowest BCUT2D eigenvalue weighted by Crippen LogP contribution is -2.55. The van der Waals surface area contributed by atoms with Crippen LogP contribution < -0.4 is 9.64 Å². The highest BCUT2D eigenvalue weighted by atomic mass is 35.5. The van der Waals surface area contributed by atoms with E-state index in [1.54, 1.807) is 24.3 Å². The van der Waals surface area contributed by atoms with E-state index in [0.717, 1.165) is 13.0 Å². The summed E-state index contributed by atoms with van der Waals surface area (Å²) in [5.41, 5.74) is 0.195. The number of halogens is 3. The van der Waals surface area contributed by atoms with Gasteiger partial charge in [0.05, 0.1) is 28.9 Å². The highest BCUT2D eigenvalue weighted by Gasteiger charge is 2.34. The number of nitriles is 1. The van der Waals surface area contributed by atoms with Crippen molar-refractivity contribution in [2.45, 2.75) is 44.8 Å². The number of benzene rings is 2. The van der Waals surface area contributed by atoms with E-state index in [1.165, 1.54) is 17.2 Å². The zero-order valence-corrected chi connectivity index (χ0v) is 24.9. The van der Waals surface area contributed by atoms with Gasteiger partial charge >= 0.3 is 12.1 Å². The number of pyridine rings is 1. The van der Waals surface area contributed by atoms with E-state index in [1.807, 2.05) is 4.90 Å². The maximum atomic E-state index is 16.6. The predicted octanol–water partition coefficient (Wildman–Crippen LogP) is 5.72. The van der Waals surface area contributed by atoms with Gasteiger partial charge in [-0.25, -0.2) is 13.6 Å². The zero-order valence-electron chi connectivity index (χ0n) is 24.2. The van der Waals surface area contributed by atoms with Gasteiger partial charge < -0.3 is 19.6 Å². The number of aromatic nitrogens is 3. The molecule has 0 radical (unpaired) electrons. The first-order chi connectivity index (χ1) is 21.2. The smallest absolute Gasteiger partial charge is 0.407 e. The first-order valence-electron chi connectivity index (χ1n) is 14.4. The van der Waals surface area contributed by atoms with Gasteiger partial charge in [-0.1, -0.05) is 35.9 Å². The molecule has 10 nitrogen and oxygen atoms in total. The Hall–Kier alpha value is -4.34. The van der Waals surface area contributed by atoms with Crippen LogP contribution in [-0.4, -0.2) is 86.9 Å². The number of rotatable bonds is 7. The number of likely N-dealkylation sites (tertiary alicyclic amines) is 1. The Morgan fingerprint density at radius 1 is 1.18 bits per heavy atom. The number of carbonyl (C=O) groups is 1. The van der Waals surface area contributed by atoms with E-state index >= 15 is 4.39 Å². The third kappa shape index (κ3) is 5.31. The predicted molar refractivity (Wildman–Crippen MR) is 162 cm³/mol. The quantitative estimate of drug-likeness (QED) is 0.276. The molecule has 2 aliphatic rings. The lowest BCUT2D eigenvalue weighted by Gasteiger charge is -2.43. The Kier molecular flexibility index (Phi) is 8.09. The molecule has 2 atom stereocenters. The molecule has 2 aliphatic heterocycles. The van der Waals surface area contributed by atoms with Crippen molar-refractivity contribution in [1.82, 2.24) is 24.8 Å². The minimum atomic E-state index is -1.11. The van der Waals surface area contributed by atoms with Crippen LogP contribution in [0, 0.1) is 23.0 Å². The van der Waals surface area contributed by atoms with Crippen molar-refractivity contribution in [3.05, 3.63) is 53.2 Å². The first-order valence-corrected chi connectivity index (χ1v) is 14.8. The number of fused-ring (bicyclic) bond motifs is 2. The lowest BCUT2D eigenvalue weighted by molar-refractivity contribution is 0.0219. The largest absolute Gasteiger partial charge is 0.465 e. The number of amides is 1. The molecular formula is C31H30ClF2N7O3. The molecule has 1 N–H and O–H groups in total. The Morgan fingerprint density at radius 2 is 2.00 bits per heavy atom. The number of anilines is 1. The second kappa shape index (κ2) is 12.0. The van der Waals surface area contributed by atoms with E-state index in [9.17, 15) is 19.6 Å². The van der Waals surface area contributed by atoms with Crippen molar-refractivity contribution in [2.24, 2.45) is 0 Å². The fourth-order valence-corrected chi connectivity index (χ4v) is 6.37. The monoisotopic (exact) mass is 621 g/mol. The molecule has 6 rings (SSSR count). The van der Waals surface area contributed by atoms with E-state index in [2.05, 4.69) is 39.8 Å². The van der Waals surface area contributed by atoms with Crippen LogP contribution in [0.15, 0.2) is 36.5 Å².